The Hall–Kier alpha value is -1.48. The van der Waals surface area contributed by atoms with Gasteiger partial charge in [-0.15, -0.1) is 11.8 Å². The largest absolute Gasteiger partial charge is 0.486 e. The molecule has 3 aliphatic rings. The highest BCUT2D eigenvalue weighted by molar-refractivity contribution is 7.99. The first kappa shape index (κ1) is 17.0. The molecule has 3 aliphatic heterocycles. The second-order valence-electron chi connectivity index (χ2n) is 6.24. The second-order valence-corrected chi connectivity index (χ2v) is 7.41. The van der Waals surface area contributed by atoms with E-state index in [1.165, 1.54) is 0 Å². The van der Waals surface area contributed by atoms with Gasteiger partial charge in [0.2, 0.25) is 5.91 Å². The number of carbonyl (C=O) groups excluding carboxylic acids is 1. The summed E-state index contributed by atoms with van der Waals surface area (Å²) in [6.45, 7) is 1.79. The summed E-state index contributed by atoms with van der Waals surface area (Å²) in [4.78, 5) is 13.2. The van der Waals surface area contributed by atoms with Crippen molar-refractivity contribution >= 4 is 17.7 Å². The molecule has 25 heavy (non-hydrogen) atoms. The fourth-order valence-electron chi connectivity index (χ4n) is 3.26. The van der Waals surface area contributed by atoms with Crippen molar-refractivity contribution in [3.63, 3.8) is 0 Å². The van der Waals surface area contributed by atoms with Gasteiger partial charge in [-0.05, 0) is 18.2 Å². The van der Waals surface area contributed by atoms with Crippen LogP contribution in [0.5, 0.6) is 11.5 Å². The molecule has 0 bridgehead atoms. The average molecular weight is 367 g/mol. The molecule has 8 heteroatoms. The molecule has 1 aromatic carbocycles. The molecular weight excluding hydrogens is 346 g/mol. The predicted molar refractivity (Wildman–Crippen MR) is 90.2 cm³/mol. The van der Waals surface area contributed by atoms with E-state index in [0.29, 0.717) is 32.0 Å². The molecule has 4 rings (SSSR count). The maximum Gasteiger partial charge on any atom is 0.221 e. The lowest BCUT2D eigenvalue weighted by molar-refractivity contribution is -0.122. The Morgan fingerprint density at radius 3 is 2.84 bits per heavy atom. The van der Waals surface area contributed by atoms with Gasteiger partial charge in [-0.25, -0.2) is 0 Å². The Balaban J connectivity index is 1.23. The highest BCUT2D eigenvalue weighted by Gasteiger charge is 2.47. The Morgan fingerprint density at radius 1 is 1.16 bits per heavy atom. The molecule has 1 aromatic rings. The number of thioether (sulfide) groups is 1. The quantitative estimate of drug-likeness (QED) is 0.737. The minimum atomic E-state index is -0.599. The number of carbonyl (C=O) groups is 1. The fourth-order valence-corrected chi connectivity index (χ4v) is 4.13. The van der Waals surface area contributed by atoms with Crippen LogP contribution in [0.25, 0.3) is 0 Å². The van der Waals surface area contributed by atoms with Crippen LogP contribution in [-0.2, 0) is 14.3 Å². The van der Waals surface area contributed by atoms with Crippen molar-refractivity contribution in [1.82, 2.24) is 5.32 Å². The zero-order chi connectivity index (χ0) is 17.2. The van der Waals surface area contributed by atoms with Gasteiger partial charge in [-0.3, -0.25) is 4.79 Å². The van der Waals surface area contributed by atoms with Gasteiger partial charge < -0.3 is 29.4 Å². The normalized spacial score (nSPS) is 30.1. The van der Waals surface area contributed by atoms with Crippen LogP contribution in [0.4, 0.5) is 0 Å². The molecule has 0 spiro atoms. The molecule has 3 heterocycles. The molecule has 1 amide bonds. The zero-order valence-corrected chi connectivity index (χ0v) is 14.5. The van der Waals surface area contributed by atoms with E-state index >= 15 is 0 Å². The van der Waals surface area contributed by atoms with Crippen LogP contribution in [-0.4, -0.2) is 67.5 Å². The standard InChI is InChI=1S/C17H21NO6S/c19-12-9-24-16-11(8-23-17(12)16)18-15(20)3-6-25-10-1-2-13-14(7-10)22-5-4-21-13/h1-2,7,11-12,16-17,19H,3-6,8-9H2,(H,18,20)/t11-,12-,16-,17-/m1/s1. The van der Waals surface area contributed by atoms with E-state index in [1.54, 1.807) is 11.8 Å². The van der Waals surface area contributed by atoms with Crippen LogP contribution in [0.1, 0.15) is 6.42 Å². The van der Waals surface area contributed by atoms with Gasteiger partial charge in [0.05, 0.1) is 19.3 Å². The summed E-state index contributed by atoms with van der Waals surface area (Å²) in [5, 5.41) is 12.7. The number of hydrogen-bond donors (Lipinski definition) is 2. The molecule has 4 atom stereocenters. The van der Waals surface area contributed by atoms with Crippen LogP contribution in [0.15, 0.2) is 23.1 Å². The van der Waals surface area contributed by atoms with Gasteiger partial charge in [-0.2, -0.15) is 0 Å². The molecule has 0 saturated carbocycles. The van der Waals surface area contributed by atoms with Crippen LogP contribution < -0.4 is 14.8 Å². The van der Waals surface area contributed by atoms with E-state index in [9.17, 15) is 9.90 Å². The maximum atomic E-state index is 12.1. The summed E-state index contributed by atoms with van der Waals surface area (Å²) in [6, 6.07) is 5.63. The first-order chi connectivity index (χ1) is 12.2. The number of ether oxygens (including phenoxy) is 4. The fraction of sp³-hybridized carbons (Fsp3) is 0.588. The smallest absolute Gasteiger partial charge is 0.221 e. The predicted octanol–water partition coefficient (Wildman–Crippen LogP) is 0.583. The van der Waals surface area contributed by atoms with Gasteiger partial charge in [-0.1, -0.05) is 0 Å². The molecule has 2 fully saturated rings. The minimum Gasteiger partial charge on any atom is -0.486 e. The lowest BCUT2D eigenvalue weighted by atomic mass is 10.1. The van der Waals surface area contributed by atoms with Gasteiger partial charge in [0.1, 0.15) is 31.5 Å². The average Bonchev–Trinajstić information content (AvgIpc) is 3.18. The number of rotatable bonds is 5. The third-order valence-electron chi connectivity index (χ3n) is 4.49. The molecule has 0 unspecified atom stereocenters. The van der Waals surface area contributed by atoms with Crippen molar-refractivity contribution in [2.45, 2.75) is 35.7 Å². The maximum absolute atomic E-state index is 12.1. The summed E-state index contributed by atoms with van der Waals surface area (Å²) < 4.78 is 22.1. The Morgan fingerprint density at radius 2 is 1.96 bits per heavy atom. The van der Waals surface area contributed by atoms with Gasteiger partial charge in [0.15, 0.2) is 11.5 Å². The third-order valence-corrected chi connectivity index (χ3v) is 5.48. The Kier molecular flexibility index (Phi) is 5.03. The van der Waals surface area contributed by atoms with E-state index < -0.39 is 6.10 Å². The van der Waals surface area contributed by atoms with E-state index in [1.807, 2.05) is 18.2 Å². The number of nitrogens with one attached hydrogen (secondary N) is 1. The van der Waals surface area contributed by atoms with Crippen LogP contribution >= 0.6 is 11.8 Å². The highest BCUT2D eigenvalue weighted by atomic mass is 32.2. The number of aliphatic hydroxyl groups excluding tert-OH is 1. The molecule has 2 N–H and O–H groups in total. The highest BCUT2D eigenvalue weighted by Crippen LogP contribution is 2.34. The van der Waals surface area contributed by atoms with Crippen LogP contribution in [0, 0.1) is 0 Å². The van der Waals surface area contributed by atoms with Crippen LogP contribution in [0.3, 0.4) is 0 Å². The number of amides is 1. The van der Waals surface area contributed by atoms with E-state index in [4.69, 9.17) is 18.9 Å². The number of aliphatic hydroxyl groups is 1. The number of benzene rings is 1. The molecule has 2 saturated heterocycles. The molecule has 136 valence electrons. The Labute approximate surface area is 150 Å². The van der Waals surface area contributed by atoms with Gasteiger partial charge in [0, 0.05) is 17.1 Å². The molecular formula is C17H21NO6S. The topological polar surface area (TPSA) is 86.3 Å². The van der Waals surface area contributed by atoms with Crippen molar-refractivity contribution in [1.29, 1.82) is 0 Å². The molecule has 0 aromatic heterocycles. The summed E-state index contributed by atoms with van der Waals surface area (Å²) in [6.07, 6.45) is -0.769. The van der Waals surface area contributed by atoms with Crippen molar-refractivity contribution in [2.24, 2.45) is 0 Å². The monoisotopic (exact) mass is 367 g/mol. The first-order valence-corrected chi connectivity index (χ1v) is 9.42. The lowest BCUT2D eigenvalue weighted by Crippen LogP contribution is -2.44. The first-order valence-electron chi connectivity index (χ1n) is 8.44. The molecule has 0 aliphatic carbocycles. The third kappa shape index (κ3) is 3.72. The van der Waals surface area contributed by atoms with E-state index in [-0.39, 0.29) is 30.8 Å². The summed E-state index contributed by atoms with van der Waals surface area (Å²) in [7, 11) is 0. The van der Waals surface area contributed by atoms with Gasteiger partial charge in [0.25, 0.3) is 0 Å². The lowest BCUT2D eigenvalue weighted by Gasteiger charge is -2.19. The van der Waals surface area contributed by atoms with Gasteiger partial charge >= 0.3 is 0 Å². The second kappa shape index (κ2) is 7.41. The molecule has 0 radical (unpaired) electrons. The van der Waals surface area contributed by atoms with Crippen LogP contribution in [0.2, 0.25) is 0 Å². The zero-order valence-electron chi connectivity index (χ0n) is 13.7. The SMILES string of the molecule is O=C(CCSc1ccc2c(c1)OCCO2)N[C@@H]1CO[C@H]2[C@@H]1OC[C@H]2O. The number of fused-ring (bicyclic) bond motifs is 2. The number of hydrogen-bond acceptors (Lipinski definition) is 7. The van der Waals surface area contributed by atoms with Crippen molar-refractivity contribution < 1.29 is 28.8 Å². The summed E-state index contributed by atoms with van der Waals surface area (Å²) in [5.41, 5.74) is 0. The van der Waals surface area contributed by atoms with E-state index in [0.717, 1.165) is 16.4 Å². The summed E-state index contributed by atoms with van der Waals surface area (Å²) in [5.74, 6) is 2.15. The van der Waals surface area contributed by atoms with E-state index in [2.05, 4.69) is 5.32 Å². The van der Waals surface area contributed by atoms with Crippen molar-refractivity contribution in [3.05, 3.63) is 18.2 Å². The summed E-state index contributed by atoms with van der Waals surface area (Å²) >= 11 is 1.60. The van der Waals surface area contributed by atoms with Crippen molar-refractivity contribution in [3.8, 4) is 11.5 Å². The molecule has 7 nitrogen and oxygen atoms in total. The van der Waals surface area contributed by atoms with Crippen molar-refractivity contribution in [2.75, 3.05) is 32.2 Å². The Bertz CT molecular complexity index is 642. The minimum absolute atomic E-state index is 0.0377.